The van der Waals surface area contributed by atoms with Crippen LogP contribution >= 0.6 is 0 Å². The Morgan fingerprint density at radius 2 is 1.67 bits per heavy atom. The second kappa shape index (κ2) is 8.22. The summed E-state index contributed by atoms with van der Waals surface area (Å²) < 4.78 is 5.74. The first-order valence-corrected chi connectivity index (χ1v) is 7.31. The van der Waals surface area contributed by atoms with E-state index in [4.69, 9.17) is 10.5 Å². The van der Waals surface area contributed by atoms with Gasteiger partial charge in [0.1, 0.15) is 11.9 Å². The molecule has 0 aliphatic carbocycles. The van der Waals surface area contributed by atoms with E-state index in [2.05, 4.69) is 17.1 Å². The maximum absolute atomic E-state index is 6.13. The molecule has 21 heavy (non-hydrogen) atoms. The number of ether oxygens (including phenoxy) is 1. The molecular formula is C18H22N2O. The lowest BCUT2D eigenvalue weighted by molar-refractivity contribution is 0.109. The molecule has 1 atom stereocenters. The molecule has 2 aromatic rings. The fourth-order valence-electron chi connectivity index (χ4n) is 2.19. The standard InChI is InChI=1S/C18H22N2O/c1-2-21-17(16-11-7-4-8-12-16)18(19)20-14-13-15-9-5-3-6-10-15/h3-12,17H,2,13-14H2,1H3,(H2,19,20)/t17-/m0/s1. The van der Waals surface area contributed by atoms with E-state index in [0.29, 0.717) is 19.0 Å². The van der Waals surface area contributed by atoms with Gasteiger partial charge in [-0.1, -0.05) is 60.7 Å². The Morgan fingerprint density at radius 1 is 1.05 bits per heavy atom. The second-order valence-corrected chi connectivity index (χ2v) is 4.79. The number of hydrogen-bond acceptors (Lipinski definition) is 2. The van der Waals surface area contributed by atoms with Crippen molar-refractivity contribution in [2.24, 2.45) is 10.7 Å². The van der Waals surface area contributed by atoms with E-state index in [1.165, 1.54) is 5.56 Å². The van der Waals surface area contributed by atoms with Gasteiger partial charge in [-0.15, -0.1) is 0 Å². The molecule has 0 saturated carbocycles. The fraction of sp³-hybridized carbons (Fsp3) is 0.278. The van der Waals surface area contributed by atoms with Crippen LogP contribution in [0.15, 0.2) is 65.7 Å². The summed E-state index contributed by atoms with van der Waals surface area (Å²) in [5.74, 6) is 0.541. The van der Waals surface area contributed by atoms with Crippen molar-refractivity contribution in [2.45, 2.75) is 19.4 Å². The minimum absolute atomic E-state index is 0.257. The molecule has 0 aromatic heterocycles. The largest absolute Gasteiger partial charge is 0.385 e. The average molecular weight is 282 g/mol. The summed E-state index contributed by atoms with van der Waals surface area (Å²) in [7, 11) is 0. The molecule has 0 aliphatic heterocycles. The maximum Gasteiger partial charge on any atom is 0.139 e. The van der Waals surface area contributed by atoms with Gasteiger partial charge < -0.3 is 10.5 Å². The normalized spacial score (nSPS) is 13.1. The molecule has 110 valence electrons. The number of nitrogens with two attached hydrogens (primary N) is 1. The van der Waals surface area contributed by atoms with Crippen LogP contribution in [-0.4, -0.2) is 19.0 Å². The van der Waals surface area contributed by atoms with Crippen LogP contribution in [0.4, 0.5) is 0 Å². The molecule has 0 radical (unpaired) electrons. The minimum Gasteiger partial charge on any atom is -0.385 e. The van der Waals surface area contributed by atoms with Gasteiger partial charge in [-0.2, -0.15) is 0 Å². The molecule has 0 heterocycles. The van der Waals surface area contributed by atoms with Gasteiger partial charge >= 0.3 is 0 Å². The van der Waals surface area contributed by atoms with Crippen molar-refractivity contribution in [1.29, 1.82) is 0 Å². The SMILES string of the molecule is CCO[C@H](C(N)=NCCc1ccccc1)c1ccccc1. The average Bonchev–Trinajstić information content (AvgIpc) is 2.54. The van der Waals surface area contributed by atoms with Crippen molar-refractivity contribution in [2.75, 3.05) is 13.2 Å². The zero-order valence-corrected chi connectivity index (χ0v) is 12.4. The lowest BCUT2D eigenvalue weighted by Crippen LogP contribution is -2.25. The molecule has 2 N–H and O–H groups in total. The lowest BCUT2D eigenvalue weighted by atomic mass is 10.1. The third-order valence-corrected chi connectivity index (χ3v) is 3.24. The molecular weight excluding hydrogens is 260 g/mol. The second-order valence-electron chi connectivity index (χ2n) is 4.79. The van der Waals surface area contributed by atoms with Crippen molar-refractivity contribution in [3.63, 3.8) is 0 Å². The molecule has 0 amide bonds. The van der Waals surface area contributed by atoms with Crippen LogP contribution in [0.1, 0.15) is 24.2 Å². The highest BCUT2D eigenvalue weighted by atomic mass is 16.5. The fourth-order valence-corrected chi connectivity index (χ4v) is 2.19. The first kappa shape index (κ1) is 15.3. The number of amidine groups is 1. The summed E-state index contributed by atoms with van der Waals surface area (Å²) in [6, 6.07) is 20.3. The van der Waals surface area contributed by atoms with Crippen LogP contribution in [0.25, 0.3) is 0 Å². The van der Waals surface area contributed by atoms with Gasteiger partial charge in [-0.05, 0) is 24.5 Å². The molecule has 2 aromatic carbocycles. The topological polar surface area (TPSA) is 47.6 Å². The van der Waals surface area contributed by atoms with Gasteiger partial charge in [0.25, 0.3) is 0 Å². The van der Waals surface area contributed by atoms with Crippen LogP contribution in [0.5, 0.6) is 0 Å². The van der Waals surface area contributed by atoms with Crippen molar-refractivity contribution in [1.82, 2.24) is 0 Å². The summed E-state index contributed by atoms with van der Waals surface area (Å²) in [6.07, 6.45) is 0.627. The lowest BCUT2D eigenvalue weighted by Gasteiger charge is -2.17. The molecule has 0 fully saturated rings. The quantitative estimate of drug-likeness (QED) is 0.625. The summed E-state index contributed by atoms with van der Waals surface area (Å²) >= 11 is 0. The number of nitrogens with zero attached hydrogens (tertiary/aromatic N) is 1. The molecule has 0 spiro atoms. The van der Waals surface area contributed by atoms with Gasteiger partial charge in [0, 0.05) is 13.2 Å². The molecule has 2 rings (SSSR count). The van der Waals surface area contributed by atoms with Crippen LogP contribution in [0.2, 0.25) is 0 Å². The summed E-state index contributed by atoms with van der Waals surface area (Å²) in [5.41, 5.74) is 8.43. The third-order valence-electron chi connectivity index (χ3n) is 3.24. The van der Waals surface area contributed by atoms with E-state index < -0.39 is 0 Å². The smallest absolute Gasteiger partial charge is 0.139 e. The summed E-state index contributed by atoms with van der Waals surface area (Å²) in [6.45, 7) is 3.24. The van der Waals surface area contributed by atoms with Crippen molar-refractivity contribution >= 4 is 5.84 Å². The number of aliphatic imine (C=N–C) groups is 1. The third kappa shape index (κ3) is 4.72. The Labute approximate surface area is 126 Å². The Kier molecular flexibility index (Phi) is 5.98. The Morgan fingerprint density at radius 3 is 2.29 bits per heavy atom. The zero-order chi connectivity index (χ0) is 14.9. The van der Waals surface area contributed by atoms with Crippen molar-refractivity contribution in [3.8, 4) is 0 Å². The summed E-state index contributed by atoms with van der Waals surface area (Å²) in [4.78, 5) is 4.48. The highest BCUT2D eigenvalue weighted by molar-refractivity contribution is 5.86. The zero-order valence-electron chi connectivity index (χ0n) is 12.4. The molecule has 0 aliphatic rings. The van der Waals surface area contributed by atoms with E-state index in [1.807, 2.05) is 55.5 Å². The summed E-state index contributed by atoms with van der Waals surface area (Å²) in [5, 5.41) is 0. The Hall–Kier alpha value is -2.13. The van der Waals surface area contributed by atoms with Gasteiger partial charge in [-0.25, -0.2) is 0 Å². The van der Waals surface area contributed by atoms with E-state index in [9.17, 15) is 0 Å². The van der Waals surface area contributed by atoms with Crippen molar-refractivity contribution in [3.05, 3.63) is 71.8 Å². The van der Waals surface area contributed by atoms with E-state index in [0.717, 1.165) is 12.0 Å². The molecule has 0 unspecified atom stereocenters. The first-order chi connectivity index (χ1) is 10.3. The van der Waals surface area contributed by atoms with Gasteiger partial charge in [0.05, 0.1) is 0 Å². The Balaban J connectivity index is 2.01. The molecule has 0 saturated heterocycles. The highest BCUT2D eigenvalue weighted by Gasteiger charge is 2.15. The highest BCUT2D eigenvalue weighted by Crippen LogP contribution is 2.17. The maximum atomic E-state index is 6.13. The number of hydrogen-bond donors (Lipinski definition) is 1. The monoisotopic (exact) mass is 282 g/mol. The molecule has 3 heteroatoms. The van der Waals surface area contributed by atoms with E-state index in [1.54, 1.807) is 0 Å². The Bertz CT molecular complexity index is 552. The van der Waals surface area contributed by atoms with E-state index >= 15 is 0 Å². The van der Waals surface area contributed by atoms with Gasteiger partial charge in [0.2, 0.25) is 0 Å². The number of rotatable bonds is 7. The number of benzene rings is 2. The minimum atomic E-state index is -0.257. The van der Waals surface area contributed by atoms with Crippen molar-refractivity contribution < 1.29 is 4.74 Å². The van der Waals surface area contributed by atoms with Gasteiger partial charge in [-0.3, -0.25) is 4.99 Å². The van der Waals surface area contributed by atoms with E-state index in [-0.39, 0.29) is 6.10 Å². The van der Waals surface area contributed by atoms with Crippen LogP contribution < -0.4 is 5.73 Å². The predicted molar refractivity (Wildman–Crippen MR) is 87.4 cm³/mol. The molecule has 0 bridgehead atoms. The molecule has 3 nitrogen and oxygen atoms in total. The first-order valence-electron chi connectivity index (χ1n) is 7.31. The van der Waals surface area contributed by atoms with Crippen LogP contribution in [0, 0.1) is 0 Å². The predicted octanol–water partition coefficient (Wildman–Crippen LogP) is 3.36. The van der Waals surface area contributed by atoms with Crippen LogP contribution in [-0.2, 0) is 11.2 Å². The van der Waals surface area contributed by atoms with Gasteiger partial charge in [0.15, 0.2) is 0 Å². The van der Waals surface area contributed by atoms with Crippen LogP contribution in [0.3, 0.4) is 0 Å².